The number of ether oxygens (including phenoxy) is 1. The highest BCUT2D eigenvalue weighted by Crippen LogP contribution is 2.26. The van der Waals surface area contributed by atoms with E-state index in [4.69, 9.17) is 4.74 Å². The van der Waals surface area contributed by atoms with Gasteiger partial charge in [0.1, 0.15) is 5.82 Å². The fraction of sp³-hybridized carbons (Fsp3) is 0.571. The van der Waals surface area contributed by atoms with Crippen molar-refractivity contribution in [2.75, 3.05) is 18.0 Å². The van der Waals surface area contributed by atoms with Crippen molar-refractivity contribution < 1.29 is 14.2 Å². The lowest BCUT2D eigenvalue weighted by molar-refractivity contribution is -0.00539. The molecule has 1 N–H and O–H groups in total. The summed E-state index contributed by atoms with van der Waals surface area (Å²) in [5.41, 5.74) is 1.19. The molecule has 0 spiro atoms. The molecule has 1 aliphatic heterocycles. The molecule has 1 aliphatic rings. The molecule has 100 valence electrons. The van der Waals surface area contributed by atoms with Crippen LogP contribution < -0.4 is 4.90 Å². The van der Waals surface area contributed by atoms with Gasteiger partial charge in [-0.2, -0.15) is 0 Å². The van der Waals surface area contributed by atoms with Crippen molar-refractivity contribution in [1.29, 1.82) is 0 Å². The first kappa shape index (κ1) is 13.3. The van der Waals surface area contributed by atoms with Crippen LogP contribution >= 0.6 is 0 Å². The summed E-state index contributed by atoms with van der Waals surface area (Å²) in [4.78, 5) is 2.00. The number of benzene rings is 1. The van der Waals surface area contributed by atoms with Crippen molar-refractivity contribution in [3.8, 4) is 0 Å². The lowest BCUT2D eigenvalue weighted by atomic mass is 10.1. The molecule has 0 aromatic heterocycles. The molecule has 0 amide bonds. The first-order valence-electron chi connectivity index (χ1n) is 6.35. The van der Waals surface area contributed by atoms with Crippen LogP contribution in [0.1, 0.15) is 32.4 Å². The third kappa shape index (κ3) is 2.82. The number of hydrogen-bond donors (Lipinski definition) is 1. The van der Waals surface area contributed by atoms with Crippen molar-refractivity contribution >= 4 is 5.69 Å². The molecule has 0 unspecified atom stereocenters. The van der Waals surface area contributed by atoms with Crippen LogP contribution in [0, 0.1) is 5.82 Å². The number of hydrogen-bond acceptors (Lipinski definition) is 3. The largest absolute Gasteiger partial charge is 0.389 e. The molecule has 0 radical (unpaired) electrons. The summed E-state index contributed by atoms with van der Waals surface area (Å²) in [6.07, 6.45) is -0.440. The van der Waals surface area contributed by atoms with Gasteiger partial charge < -0.3 is 14.7 Å². The van der Waals surface area contributed by atoms with Gasteiger partial charge in [-0.1, -0.05) is 6.07 Å². The van der Waals surface area contributed by atoms with E-state index in [2.05, 4.69) is 0 Å². The van der Waals surface area contributed by atoms with Crippen molar-refractivity contribution in [2.45, 2.75) is 39.1 Å². The highest BCUT2D eigenvalue weighted by atomic mass is 19.1. The van der Waals surface area contributed by atoms with Crippen molar-refractivity contribution in [3.63, 3.8) is 0 Å². The molecule has 0 bridgehead atoms. The maximum Gasteiger partial charge on any atom is 0.146 e. The zero-order valence-corrected chi connectivity index (χ0v) is 11.1. The Balaban J connectivity index is 2.22. The van der Waals surface area contributed by atoms with Crippen molar-refractivity contribution in [3.05, 3.63) is 29.6 Å². The van der Waals surface area contributed by atoms with E-state index in [1.165, 1.54) is 6.07 Å². The Hall–Kier alpha value is -1.13. The molecule has 1 aromatic rings. The van der Waals surface area contributed by atoms with E-state index in [1.807, 2.05) is 18.7 Å². The number of aliphatic hydroxyl groups is 1. The predicted octanol–water partition coefficient (Wildman–Crippen LogP) is 2.49. The second kappa shape index (κ2) is 5.24. The van der Waals surface area contributed by atoms with E-state index < -0.39 is 6.10 Å². The van der Waals surface area contributed by atoms with Crippen LogP contribution in [0.2, 0.25) is 0 Å². The van der Waals surface area contributed by atoms with E-state index in [-0.39, 0.29) is 18.0 Å². The number of aliphatic hydroxyl groups excluding tert-OH is 1. The van der Waals surface area contributed by atoms with Gasteiger partial charge in [0, 0.05) is 13.1 Å². The van der Waals surface area contributed by atoms with Gasteiger partial charge in [-0.15, -0.1) is 0 Å². The molecule has 3 atom stereocenters. The minimum atomic E-state index is -0.643. The molecule has 0 aliphatic carbocycles. The van der Waals surface area contributed by atoms with Gasteiger partial charge in [0.05, 0.1) is 24.0 Å². The number of halogens is 1. The minimum Gasteiger partial charge on any atom is -0.389 e. The van der Waals surface area contributed by atoms with Crippen LogP contribution in [0.5, 0.6) is 0 Å². The van der Waals surface area contributed by atoms with Crippen LogP contribution in [-0.4, -0.2) is 30.4 Å². The topological polar surface area (TPSA) is 32.7 Å². The number of morpholine rings is 1. The summed E-state index contributed by atoms with van der Waals surface area (Å²) in [5, 5.41) is 9.43. The van der Waals surface area contributed by atoms with Gasteiger partial charge >= 0.3 is 0 Å². The van der Waals surface area contributed by atoms with Gasteiger partial charge in [-0.3, -0.25) is 0 Å². The van der Waals surface area contributed by atoms with Gasteiger partial charge in [0.2, 0.25) is 0 Å². The Labute approximate surface area is 107 Å². The van der Waals surface area contributed by atoms with E-state index in [9.17, 15) is 9.50 Å². The smallest absolute Gasteiger partial charge is 0.146 e. The number of rotatable bonds is 2. The fourth-order valence-electron chi connectivity index (χ4n) is 2.41. The van der Waals surface area contributed by atoms with Gasteiger partial charge in [-0.05, 0) is 38.5 Å². The Bertz CT molecular complexity index is 412. The second-order valence-electron chi connectivity index (χ2n) is 5.05. The molecule has 18 heavy (non-hydrogen) atoms. The first-order valence-corrected chi connectivity index (χ1v) is 6.35. The fourth-order valence-corrected chi connectivity index (χ4v) is 2.41. The summed E-state index contributed by atoms with van der Waals surface area (Å²) in [5.74, 6) is -0.283. The zero-order valence-electron chi connectivity index (χ0n) is 11.1. The standard InChI is InChI=1S/C14H20FNO2/c1-9-7-16(8-10(2)18-9)14-5-4-12(11(3)17)6-13(14)15/h4-6,9-11,17H,7-8H2,1-3H3/t9-,10+,11-/m1/s1. The van der Waals surface area contributed by atoms with Gasteiger partial charge in [0.25, 0.3) is 0 Å². The summed E-state index contributed by atoms with van der Waals surface area (Å²) < 4.78 is 19.7. The van der Waals surface area contributed by atoms with Crippen LogP contribution in [-0.2, 0) is 4.74 Å². The Morgan fingerprint density at radius 1 is 1.33 bits per heavy atom. The monoisotopic (exact) mass is 253 g/mol. The maximum atomic E-state index is 14.1. The Kier molecular flexibility index (Phi) is 3.88. The van der Waals surface area contributed by atoms with Crippen molar-refractivity contribution in [2.24, 2.45) is 0 Å². The highest BCUT2D eigenvalue weighted by Gasteiger charge is 2.24. The highest BCUT2D eigenvalue weighted by molar-refractivity contribution is 5.50. The molecular weight excluding hydrogens is 233 g/mol. The average Bonchev–Trinajstić information content (AvgIpc) is 2.27. The SMILES string of the molecule is C[C@@H]1CN(c2ccc([C@@H](C)O)cc2F)C[C@H](C)O1. The molecule has 2 rings (SSSR count). The van der Waals surface area contributed by atoms with Crippen LogP contribution in [0.4, 0.5) is 10.1 Å². The third-order valence-corrected chi connectivity index (χ3v) is 3.21. The molecule has 1 saturated heterocycles. The number of nitrogens with zero attached hydrogens (tertiary/aromatic N) is 1. The molecule has 1 aromatic carbocycles. The van der Waals surface area contributed by atoms with E-state index in [0.717, 1.165) is 0 Å². The van der Waals surface area contributed by atoms with Crippen LogP contribution in [0.3, 0.4) is 0 Å². The van der Waals surface area contributed by atoms with Gasteiger partial charge in [0.15, 0.2) is 0 Å². The second-order valence-corrected chi connectivity index (χ2v) is 5.05. The summed E-state index contributed by atoms with van der Waals surface area (Å²) >= 11 is 0. The lowest BCUT2D eigenvalue weighted by Crippen LogP contribution is -2.45. The van der Waals surface area contributed by atoms with Crippen LogP contribution in [0.25, 0.3) is 0 Å². The molecule has 4 heteroatoms. The van der Waals surface area contributed by atoms with E-state index in [0.29, 0.717) is 24.3 Å². The normalized spacial score (nSPS) is 26.2. The summed E-state index contributed by atoms with van der Waals surface area (Å²) in [6, 6.07) is 4.92. The zero-order chi connectivity index (χ0) is 13.3. The Morgan fingerprint density at radius 3 is 2.44 bits per heavy atom. The van der Waals surface area contributed by atoms with Crippen LogP contribution in [0.15, 0.2) is 18.2 Å². The lowest BCUT2D eigenvalue weighted by Gasteiger charge is -2.37. The average molecular weight is 253 g/mol. The Morgan fingerprint density at radius 2 is 1.94 bits per heavy atom. The summed E-state index contributed by atoms with van der Waals surface area (Å²) in [7, 11) is 0. The quantitative estimate of drug-likeness (QED) is 0.879. The van der Waals surface area contributed by atoms with E-state index in [1.54, 1.807) is 19.1 Å². The van der Waals surface area contributed by atoms with E-state index >= 15 is 0 Å². The molecule has 1 heterocycles. The predicted molar refractivity (Wildman–Crippen MR) is 69.3 cm³/mol. The third-order valence-electron chi connectivity index (χ3n) is 3.21. The molecule has 3 nitrogen and oxygen atoms in total. The minimum absolute atomic E-state index is 0.101. The molecular formula is C14H20FNO2. The molecule has 1 fully saturated rings. The number of anilines is 1. The van der Waals surface area contributed by atoms with Crippen molar-refractivity contribution in [1.82, 2.24) is 0 Å². The van der Waals surface area contributed by atoms with Gasteiger partial charge in [-0.25, -0.2) is 4.39 Å². The molecule has 0 saturated carbocycles. The maximum absolute atomic E-state index is 14.1. The first-order chi connectivity index (χ1) is 8.47. The summed E-state index contributed by atoms with van der Waals surface area (Å²) in [6.45, 7) is 6.99.